The lowest BCUT2D eigenvalue weighted by Gasteiger charge is -2.19. The lowest BCUT2D eigenvalue weighted by molar-refractivity contribution is -0.0357. The normalized spacial score (nSPS) is 12.2. The fourth-order valence-electron chi connectivity index (χ4n) is 1.06. The van der Waals surface area contributed by atoms with Gasteiger partial charge in [-0.25, -0.2) is 12.8 Å². The van der Waals surface area contributed by atoms with Crippen LogP contribution in [0, 0.1) is 17.1 Å². The van der Waals surface area contributed by atoms with Crippen LogP contribution in [-0.2, 0) is 14.9 Å². The predicted octanol–water partition coefficient (Wildman–Crippen LogP) is 1.71. The number of rotatable bonds is 3. The van der Waals surface area contributed by atoms with Crippen LogP contribution >= 0.6 is 0 Å². The smallest absolute Gasteiger partial charge is 0.263 e. The summed E-state index contributed by atoms with van der Waals surface area (Å²) in [5, 5.41) is 8.77. The SMILES string of the molecule is CC(C)(C)ONS(=O)(=O)c1cccc(F)c1C#N. The quantitative estimate of drug-likeness (QED) is 0.849. The minimum atomic E-state index is -4.09. The molecule has 0 aliphatic heterocycles. The second kappa shape index (κ2) is 5.02. The van der Waals surface area contributed by atoms with Crippen molar-refractivity contribution < 1.29 is 17.6 Å². The maximum Gasteiger partial charge on any atom is 0.263 e. The van der Waals surface area contributed by atoms with E-state index in [1.54, 1.807) is 20.8 Å². The molecule has 0 atom stereocenters. The van der Waals surface area contributed by atoms with Gasteiger partial charge in [-0.3, -0.25) is 4.84 Å². The van der Waals surface area contributed by atoms with E-state index in [1.165, 1.54) is 12.1 Å². The van der Waals surface area contributed by atoms with Gasteiger partial charge in [-0.05, 0) is 32.9 Å². The number of sulfonamides is 1. The highest BCUT2D eigenvalue weighted by Gasteiger charge is 2.23. The first-order valence-corrected chi connectivity index (χ1v) is 6.54. The van der Waals surface area contributed by atoms with Gasteiger partial charge in [0.25, 0.3) is 10.0 Å². The molecule has 0 fully saturated rings. The van der Waals surface area contributed by atoms with Gasteiger partial charge >= 0.3 is 0 Å². The van der Waals surface area contributed by atoms with Crippen LogP contribution in [0.3, 0.4) is 0 Å². The number of benzene rings is 1. The fourth-order valence-corrected chi connectivity index (χ4v) is 2.18. The Morgan fingerprint density at radius 2 is 2.00 bits per heavy atom. The first-order valence-electron chi connectivity index (χ1n) is 5.06. The third kappa shape index (κ3) is 3.50. The number of nitrogens with zero attached hydrogens (tertiary/aromatic N) is 1. The number of hydrogen-bond acceptors (Lipinski definition) is 4. The van der Waals surface area contributed by atoms with Crippen molar-refractivity contribution in [2.24, 2.45) is 0 Å². The Hall–Kier alpha value is -1.49. The van der Waals surface area contributed by atoms with Crippen molar-refractivity contribution in [3.05, 3.63) is 29.6 Å². The molecule has 0 saturated heterocycles. The van der Waals surface area contributed by atoms with Crippen LogP contribution in [0.5, 0.6) is 0 Å². The summed E-state index contributed by atoms with van der Waals surface area (Å²) in [4.78, 5) is 6.34. The van der Waals surface area contributed by atoms with E-state index in [0.29, 0.717) is 0 Å². The summed E-state index contributed by atoms with van der Waals surface area (Å²) in [6.07, 6.45) is 0. The molecule has 0 aromatic heterocycles. The highest BCUT2D eigenvalue weighted by molar-refractivity contribution is 7.89. The number of nitrogens with one attached hydrogen (secondary N) is 1. The van der Waals surface area contributed by atoms with Gasteiger partial charge in [0.2, 0.25) is 0 Å². The molecule has 0 aliphatic carbocycles. The molecule has 1 N–H and O–H groups in total. The Morgan fingerprint density at radius 3 is 2.50 bits per heavy atom. The van der Waals surface area contributed by atoms with E-state index in [4.69, 9.17) is 10.1 Å². The average molecular weight is 272 g/mol. The van der Waals surface area contributed by atoms with E-state index in [2.05, 4.69) is 0 Å². The van der Waals surface area contributed by atoms with Gasteiger partial charge in [0.15, 0.2) is 0 Å². The molecule has 0 unspecified atom stereocenters. The van der Waals surface area contributed by atoms with E-state index >= 15 is 0 Å². The van der Waals surface area contributed by atoms with Crippen molar-refractivity contribution >= 4 is 10.0 Å². The van der Waals surface area contributed by atoms with Gasteiger partial charge in [0, 0.05) is 0 Å². The lowest BCUT2D eigenvalue weighted by Crippen LogP contribution is -2.34. The topological polar surface area (TPSA) is 79.2 Å². The van der Waals surface area contributed by atoms with Gasteiger partial charge in [0.1, 0.15) is 22.3 Å². The van der Waals surface area contributed by atoms with Crippen LogP contribution < -0.4 is 4.89 Å². The first kappa shape index (κ1) is 14.6. The van der Waals surface area contributed by atoms with Crippen molar-refractivity contribution in [2.45, 2.75) is 31.3 Å². The van der Waals surface area contributed by atoms with Crippen LogP contribution in [-0.4, -0.2) is 14.0 Å². The molecule has 0 heterocycles. The fraction of sp³-hybridized carbons (Fsp3) is 0.364. The van der Waals surface area contributed by atoms with E-state index in [1.807, 2.05) is 4.89 Å². The van der Waals surface area contributed by atoms with Crippen molar-refractivity contribution in [1.29, 1.82) is 5.26 Å². The molecular formula is C11H13FN2O3S. The molecule has 0 radical (unpaired) electrons. The molecule has 0 spiro atoms. The molecule has 98 valence electrons. The Kier molecular flexibility index (Phi) is 4.06. The molecule has 18 heavy (non-hydrogen) atoms. The minimum absolute atomic E-state index is 0.450. The van der Waals surface area contributed by atoms with Crippen molar-refractivity contribution in [2.75, 3.05) is 0 Å². The van der Waals surface area contributed by atoms with Crippen LogP contribution in [0.15, 0.2) is 23.1 Å². The molecule has 5 nitrogen and oxygen atoms in total. The molecule has 1 rings (SSSR count). The molecule has 1 aromatic carbocycles. The zero-order chi connectivity index (χ0) is 14.0. The van der Waals surface area contributed by atoms with Gasteiger partial charge in [0.05, 0.1) is 5.60 Å². The third-order valence-electron chi connectivity index (χ3n) is 1.83. The summed E-state index contributed by atoms with van der Waals surface area (Å²) in [6, 6.07) is 4.88. The number of hydrogen-bond donors (Lipinski definition) is 1. The van der Waals surface area contributed by atoms with Crippen LogP contribution in [0.2, 0.25) is 0 Å². The third-order valence-corrected chi connectivity index (χ3v) is 3.06. The summed E-state index contributed by atoms with van der Waals surface area (Å²) in [5.74, 6) is -0.892. The van der Waals surface area contributed by atoms with Gasteiger partial charge < -0.3 is 0 Å². The number of halogens is 1. The van der Waals surface area contributed by atoms with Crippen molar-refractivity contribution in [3.8, 4) is 6.07 Å². The van der Waals surface area contributed by atoms with Crippen LogP contribution in [0.1, 0.15) is 26.3 Å². The van der Waals surface area contributed by atoms with E-state index in [-0.39, 0.29) is 0 Å². The average Bonchev–Trinajstić information content (AvgIpc) is 2.25. The lowest BCUT2D eigenvalue weighted by atomic mass is 10.2. The highest BCUT2D eigenvalue weighted by Crippen LogP contribution is 2.18. The largest absolute Gasteiger partial charge is 0.281 e. The maximum absolute atomic E-state index is 13.3. The van der Waals surface area contributed by atoms with Gasteiger partial charge in [-0.15, -0.1) is 0 Å². The summed E-state index contributed by atoms with van der Waals surface area (Å²) in [7, 11) is -4.09. The standard InChI is InChI=1S/C11H13FN2O3S/c1-11(2,3)17-14-18(15,16)10-6-4-5-9(12)8(10)7-13/h4-6,14H,1-3H3. The zero-order valence-electron chi connectivity index (χ0n) is 10.2. The Balaban J connectivity index is 3.15. The maximum atomic E-state index is 13.3. The Labute approximate surface area is 105 Å². The molecule has 0 bridgehead atoms. The van der Waals surface area contributed by atoms with Crippen LogP contribution in [0.25, 0.3) is 0 Å². The Bertz CT molecular complexity index is 585. The summed E-state index contributed by atoms with van der Waals surface area (Å²) in [5.41, 5.74) is -1.28. The number of nitriles is 1. The van der Waals surface area contributed by atoms with E-state index < -0.39 is 31.9 Å². The van der Waals surface area contributed by atoms with Crippen molar-refractivity contribution in [1.82, 2.24) is 4.89 Å². The van der Waals surface area contributed by atoms with Crippen molar-refractivity contribution in [3.63, 3.8) is 0 Å². The van der Waals surface area contributed by atoms with Gasteiger partial charge in [-0.1, -0.05) is 11.0 Å². The van der Waals surface area contributed by atoms with Crippen LogP contribution in [0.4, 0.5) is 4.39 Å². The van der Waals surface area contributed by atoms with Gasteiger partial charge in [-0.2, -0.15) is 5.26 Å². The highest BCUT2D eigenvalue weighted by atomic mass is 32.2. The van der Waals surface area contributed by atoms with E-state index in [0.717, 1.165) is 12.1 Å². The molecule has 1 aromatic rings. The second-order valence-electron chi connectivity index (χ2n) is 4.53. The molecule has 0 saturated carbocycles. The molecule has 0 amide bonds. The Morgan fingerprint density at radius 1 is 1.39 bits per heavy atom. The molecule has 7 heteroatoms. The monoisotopic (exact) mass is 272 g/mol. The summed E-state index contributed by atoms with van der Waals surface area (Å²) >= 11 is 0. The summed E-state index contributed by atoms with van der Waals surface area (Å²) in [6.45, 7) is 4.94. The summed E-state index contributed by atoms with van der Waals surface area (Å²) < 4.78 is 37.0. The predicted molar refractivity (Wildman–Crippen MR) is 62.3 cm³/mol. The molecule has 0 aliphatic rings. The zero-order valence-corrected chi connectivity index (χ0v) is 11.0. The minimum Gasteiger partial charge on any atom is -0.281 e. The molecular weight excluding hydrogens is 259 g/mol. The first-order chi connectivity index (χ1) is 8.17. The second-order valence-corrected chi connectivity index (χ2v) is 6.14. The van der Waals surface area contributed by atoms with E-state index in [9.17, 15) is 12.8 Å².